The van der Waals surface area contributed by atoms with Crippen LogP contribution in [-0.4, -0.2) is 21.6 Å². The molecule has 1 atom stereocenters. The summed E-state index contributed by atoms with van der Waals surface area (Å²) < 4.78 is 11.6. The summed E-state index contributed by atoms with van der Waals surface area (Å²) in [5.74, 6) is 1.35. The van der Waals surface area contributed by atoms with Crippen molar-refractivity contribution in [3.63, 3.8) is 0 Å². The summed E-state index contributed by atoms with van der Waals surface area (Å²) in [5, 5.41) is 2.80. The van der Waals surface area contributed by atoms with Gasteiger partial charge in [-0.25, -0.2) is 0 Å². The van der Waals surface area contributed by atoms with Gasteiger partial charge in [-0.1, -0.05) is 26.0 Å². The fraction of sp³-hybridized carbons (Fsp3) is 0.500. The van der Waals surface area contributed by atoms with Crippen molar-refractivity contribution in [3.8, 4) is 0 Å². The van der Waals surface area contributed by atoms with Gasteiger partial charge in [0.2, 0.25) is 5.91 Å². The molecule has 5 heteroatoms. The van der Waals surface area contributed by atoms with E-state index in [1.54, 1.807) is 0 Å². The third kappa shape index (κ3) is 6.50. The number of amides is 1. The fourth-order valence-electron chi connectivity index (χ4n) is 1.66. The number of nitrogens with one attached hydrogen (secondary N) is 1. The van der Waals surface area contributed by atoms with Gasteiger partial charge in [-0.15, -0.1) is 0 Å². The molecule has 0 spiro atoms. The average molecular weight is 282 g/mol. The Morgan fingerprint density at radius 3 is 2.79 bits per heavy atom. The predicted molar refractivity (Wildman–Crippen MR) is 80.3 cm³/mol. The Balaban J connectivity index is 2.40. The van der Waals surface area contributed by atoms with E-state index in [-0.39, 0.29) is 12.3 Å². The minimum absolute atomic E-state index is 0.105. The molecule has 0 bridgehead atoms. The maximum atomic E-state index is 11.7. The summed E-state index contributed by atoms with van der Waals surface area (Å²) in [6, 6.07) is 7.44. The summed E-state index contributed by atoms with van der Waals surface area (Å²) in [6.45, 7) is 4.49. The van der Waals surface area contributed by atoms with E-state index in [0.717, 1.165) is 11.3 Å². The van der Waals surface area contributed by atoms with Crippen molar-refractivity contribution in [2.24, 2.45) is 11.7 Å². The molecular weight excluding hydrogens is 260 g/mol. The molecule has 106 valence electrons. The third-order valence-corrected chi connectivity index (χ3v) is 4.22. The smallest absolute Gasteiger partial charge is 0.225 e. The molecule has 0 aromatic heterocycles. The van der Waals surface area contributed by atoms with Gasteiger partial charge in [-0.2, -0.15) is 0 Å². The van der Waals surface area contributed by atoms with E-state index < -0.39 is 10.8 Å². The van der Waals surface area contributed by atoms with E-state index in [0.29, 0.717) is 24.0 Å². The van der Waals surface area contributed by atoms with Gasteiger partial charge in [0.15, 0.2) is 0 Å². The van der Waals surface area contributed by atoms with Gasteiger partial charge in [0.1, 0.15) is 0 Å². The van der Waals surface area contributed by atoms with Crippen LogP contribution in [0.3, 0.4) is 0 Å². The quantitative estimate of drug-likeness (QED) is 0.802. The van der Waals surface area contributed by atoms with Crippen LogP contribution in [0.25, 0.3) is 0 Å². The number of nitrogens with two attached hydrogens (primary N) is 1. The highest BCUT2D eigenvalue weighted by Gasteiger charge is 2.08. The van der Waals surface area contributed by atoms with E-state index in [2.05, 4.69) is 5.32 Å². The van der Waals surface area contributed by atoms with Crippen LogP contribution in [0.15, 0.2) is 24.3 Å². The van der Waals surface area contributed by atoms with Gasteiger partial charge in [-0.05, 0) is 23.6 Å². The van der Waals surface area contributed by atoms with Crippen molar-refractivity contribution in [1.82, 2.24) is 0 Å². The zero-order chi connectivity index (χ0) is 14.3. The molecule has 0 aliphatic heterocycles. The molecule has 0 saturated heterocycles. The molecule has 0 fully saturated rings. The topological polar surface area (TPSA) is 72.2 Å². The van der Waals surface area contributed by atoms with Crippen LogP contribution in [0.2, 0.25) is 0 Å². The van der Waals surface area contributed by atoms with E-state index in [1.807, 2.05) is 38.1 Å². The standard InChI is InChI=1S/C14H22N2O2S/c1-11(2)10-19(18)7-6-14(17)16-13-5-3-4-12(8-13)9-15/h3-5,8,11H,6-7,9-10,15H2,1-2H3,(H,16,17). The summed E-state index contributed by atoms with van der Waals surface area (Å²) in [4.78, 5) is 11.7. The van der Waals surface area contributed by atoms with Crippen molar-refractivity contribution in [2.45, 2.75) is 26.8 Å². The Kier molecular flexibility index (Phi) is 6.73. The largest absolute Gasteiger partial charge is 0.326 e. The minimum Gasteiger partial charge on any atom is -0.326 e. The molecule has 0 radical (unpaired) electrons. The third-order valence-electron chi connectivity index (χ3n) is 2.52. The summed E-state index contributed by atoms with van der Waals surface area (Å²) >= 11 is 0. The number of benzene rings is 1. The summed E-state index contributed by atoms with van der Waals surface area (Å²) in [6.07, 6.45) is 0.284. The zero-order valence-corrected chi connectivity index (χ0v) is 12.3. The number of carbonyl (C=O) groups is 1. The van der Waals surface area contributed by atoms with Crippen molar-refractivity contribution in [3.05, 3.63) is 29.8 Å². The Bertz CT molecular complexity index is 447. The highest BCUT2D eigenvalue weighted by atomic mass is 32.2. The molecular formula is C14H22N2O2S. The van der Waals surface area contributed by atoms with Crippen LogP contribution in [0.1, 0.15) is 25.8 Å². The van der Waals surface area contributed by atoms with Crippen LogP contribution in [-0.2, 0) is 22.1 Å². The monoisotopic (exact) mass is 282 g/mol. The lowest BCUT2D eigenvalue weighted by Crippen LogP contribution is -2.17. The first-order valence-electron chi connectivity index (χ1n) is 6.45. The normalized spacial score (nSPS) is 12.4. The molecule has 0 aliphatic carbocycles. The maximum Gasteiger partial charge on any atom is 0.225 e. The lowest BCUT2D eigenvalue weighted by atomic mass is 10.2. The first kappa shape index (κ1) is 15.9. The van der Waals surface area contributed by atoms with Crippen molar-refractivity contribution in [2.75, 3.05) is 16.8 Å². The zero-order valence-electron chi connectivity index (χ0n) is 11.5. The van der Waals surface area contributed by atoms with E-state index in [9.17, 15) is 9.00 Å². The number of hydrogen-bond acceptors (Lipinski definition) is 3. The summed E-state index contributed by atoms with van der Waals surface area (Å²) in [7, 11) is -0.916. The fourth-order valence-corrected chi connectivity index (χ4v) is 2.98. The molecule has 1 amide bonds. The number of hydrogen-bond donors (Lipinski definition) is 2. The van der Waals surface area contributed by atoms with Crippen LogP contribution in [0.5, 0.6) is 0 Å². The second kappa shape index (κ2) is 8.07. The SMILES string of the molecule is CC(C)CS(=O)CCC(=O)Nc1cccc(CN)c1. The van der Waals surface area contributed by atoms with Gasteiger partial charge in [0.05, 0.1) is 0 Å². The number of carbonyl (C=O) groups excluding carboxylic acids is 1. The molecule has 0 saturated carbocycles. The maximum absolute atomic E-state index is 11.7. The highest BCUT2D eigenvalue weighted by Crippen LogP contribution is 2.10. The number of rotatable bonds is 7. The minimum atomic E-state index is -0.916. The molecule has 0 aliphatic rings. The van der Waals surface area contributed by atoms with E-state index in [4.69, 9.17) is 5.73 Å². The lowest BCUT2D eigenvalue weighted by molar-refractivity contribution is -0.115. The Morgan fingerprint density at radius 2 is 2.16 bits per heavy atom. The van der Waals surface area contributed by atoms with Crippen molar-refractivity contribution >= 4 is 22.4 Å². The lowest BCUT2D eigenvalue weighted by Gasteiger charge is -2.07. The molecule has 0 heterocycles. The first-order valence-corrected chi connectivity index (χ1v) is 7.94. The van der Waals surface area contributed by atoms with Crippen LogP contribution < -0.4 is 11.1 Å². The van der Waals surface area contributed by atoms with Crippen LogP contribution in [0, 0.1) is 5.92 Å². The molecule has 1 unspecified atom stereocenters. The van der Waals surface area contributed by atoms with Crippen molar-refractivity contribution < 1.29 is 9.00 Å². The first-order chi connectivity index (χ1) is 9.01. The van der Waals surface area contributed by atoms with Gasteiger partial charge in [0, 0.05) is 41.0 Å². The van der Waals surface area contributed by atoms with E-state index in [1.165, 1.54) is 0 Å². The molecule has 19 heavy (non-hydrogen) atoms. The number of anilines is 1. The predicted octanol–water partition coefficient (Wildman–Crippen LogP) is 1.88. The Hall–Kier alpha value is -1.20. The Morgan fingerprint density at radius 1 is 1.42 bits per heavy atom. The molecule has 3 N–H and O–H groups in total. The second-order valence-electron chi connectivity index (χ2n) is 4.91. The van der Waals surface area contributed by atoms with Gasteiger partial charge >= 0.3 is 0 Å². The molecule has 1 rings (SSSR count). The van der Waals surface area contributed by atoms with Gasteiger partial charge < -0.3 is 11.1 Å². The van der Waals surface area contributed by atoms with Crippen LogP contribution in [0.4, 0.5) is 5.69 Å². The van der Waals surface area contributed by atoms with Gasteiger partial charge in [-0.3, -0.25) is 9.00 Å². The summed E-state index contributed by atoms with van der Waals surface area (Å²) in [5.41, 5.74) is 7.25. The van der Waals surface area contributed by atoms with E-state index >= 15 is 0 Å². The average Bonchev–Trinajstić information content (AvgIpc) is 2.36. The Labute approximate surface area is 117 Å². The molecule has 4 nitrogen and oxygen atoms in total. The highest BCUT2D eigenvalue weighted by molar-refractivity contribution is 7.85. The van der Waals surface area contributed by atoms with Gasteiger partial charge in [0.25, 0.3) is 0 Å². The van der Waals surface area contributed by atoms with Crippen LogP contribution >= 0.6 is 0 Å². The molecule has 1 aromatic rings. The second-order valence-corrected chi connectivity index (χ2v) is 6.53. The van der Waals surface area contributed by atoms with Crippen molar-refractivity contribution in [1.29, 1.82) is 0 Å². The molecule has 1 aromatic carbocycles.